The average molecular weight is 664 g/mol. The van der Waals surface area contributed by atoms with Gasteiger partial charge in [-0.1, -0.05) is 0 Å². The number of rotatable bonds is 9. The molecule has 0 radical (unpaired) electrons. The molecule has 1 aliphatic rings. The fraction of sp³-hybridized carbons (Fsp3) is 0.444. The SMILES string of the molecule is CC(=O)OC(C)C(=O)OC(C)C(=O)OC(C)C(=O)OC(C)C(=O)N1CCN(C(C)=O)/C1=N/c1ccc2nccnc2c1Br. The Kier molecular flexibility index (Phi) is 10.9. The number of carbonyl (C=O) groups is 6. The van der Waals surface area contributed by atoms with E-state index in [4.69, 9.17) is 18.9 Å². The van der Waals surface area contributed by atoms with Gasteiger partial charge in [0.2, 0.25) is 11.9 Å². The Hall–Kier alpha value is -4.47. The summed E-state index contributed by atoms with van der Waals surface area (Å²) in [5.74, 6) is -4.80. The van der Waals surface area contributed by atoms with Crippen molar-refractivity contribution in [2.75, 3.05) is 13.1 Å². The van der Waals surface area contributed by atoms with Gasteiger partial charge in [-0.2, -0.15) is 0 Å². The van der Waals surface area contributed by atoms with Gasteiger partial charge in [-0.15, -0.1) is 0 Å². The Labute approximate surface area is 254 Å². The van der Waals surface area contributed by atoms with Crippen LogP contribution in [0.4, 0.5) is 5.69 Å². The highest BCUT2D eigenvalue weighted by molar-refractivity contribution is 9.10. The normalized spacial score (nSPS) is 16.7. The fourth-order valence-corrected chi connectivity index (χ4v) is 4.36. The van der Waals surface area contributed by atoms with E-state index in [2.05, 4.69) is 30.9 Å². The second-order valence-corrected chi connectivity index (χ2v) is 10.2. The smallest absolute Gasteiger partial charge is 0.347 e. The van der Waals surface area contributed by atoms with Crippen LogP contribution in [0, 0.1) is 0 Å². The lowest BCUT2D eigenvalue weighted by molar-refractivity contribution is -0.183. The van der Waals surface area contributed by atoms with Crippen molar-refractivity contribution >= 4 is 74.3 Å². The van der Waals surface area contributed by atoms with Crippen molar-refractivity contribution in [3.63, 3.8) is 0 Å². The van der Waals surface area contributed by atoms with E-state index in [1.807, 2.05) is 0 Å². The summed E-state index contributed by atoms with van der Waals surface area (Å²) in [7, 11) is 0. The largest absolute Gasteiger partial charge is 0.451 e. The fourth-order valence-electron chi connectivity index (χ4n) is 3.83. The van der Waals surface area contributed by atoms with E-state index in [9.17, 15) is 28.8 Å². The number of carbonyl (C=O) groups excluding carboxylic acids is 6. The predicted octanol–water partition coefficient (Wildman–Crippen LogP) is 1.82. The number of esters is 4. The predicted molar refractivity (Wildman–Crippen MR) is 151 cm³/mol. The van der Waals surface area contributed by atoms with Crippen molar-refractivity contribution in [1.82, 2.24) is 19.8 Å². The molecule has 43 heavy (non-hydrogen) atoms. The monoisotopic (exact) mass is 663 g/mol. The summed E-state index contributed by atoms with van der Waals surface area (Å²) < 4.78 is 20.4. The first-order chi connectivity index (χ1) is 20.2. The first-order valence-corrected chi connectivity index (χ1v) is 13.9. The molecular weight excluding hydrogens is 634 g/mol. The Balaban J connectivity index is 1.68. The van der Waals surface area contributed by atoms with Crippen molar-refractivity contribution in [3.05, 3.63) is 29.0 Å². The minimum Gasteiger partial charge on any atom is -0.451 e. The minimum atomic E-state index is -1.47. The minimum absolute atomic E-state index is 0.0300. The number of aliphatic imine (C=N–C) groups is 1. The number of amides is 2. The molecule has 0 aliphatic carbocycles. The molecule has 1 aromatic carbocycles. The molecule has 16 heteroatoms. The molecular formula is C27H30BrN5O10. The van der Waals surface area contributed by atoms with Gasteiger partial charge < -0.3 is 18.9 Å². The Morgan fingerprint density at radius 1 is 0.767 bits per heavy atom. The summed E-state index contributed by atoms with van der Waals surface area (Å²) in [4.78, 5) is 89.2. The zero-order valence-corrected chi connectivity index (χ0v) is 25.8. The standard InChI is InChI=1S/C27H30BrN5O10/c1-13(41-25(38)15(3)43-26(39)16(4)42-24(37)14(2)40-18(6)35)23(36)33-12-11-32(17(5)34)27(33)31-19-7-8-20-22(21(19)28)30-10-9-29-20/h7-10,13-16H,11-12H2,1-6H3/b31-27-. The highest BCUT2D eigenvalue weighted by atomic mass is 79.9. The van der Waals surface area contributed by atoms with Crippen molar-refractivity contribution in [2.24, 2.45) is 4.99 Å². The van der Waals surface area contributed by atoms with Crippen LogP contribution in [-0.2, 0) is 47.7 Å². The highest BCUT2D eigenvalue weighted by Crippen LogP contribution is 2.32. The molecule has 2 aromatic rings. The van der Waals surface area contributed by atoms with Crippen LogP contribution in [0.25, 0.3) is 11.0 Å². The topological polar surface area (TPSA) is 184 Å². The lowest BCUT2D eigenvalue weighted by Gasteiger charge is -2.24. The molecule has 2 amide bonds. The van der Waals surface area contributed by atoms with Crippen LogP contribution >= 0.6 is 15.9 Å². The van der Waals surface area contributed by atoms with Crippen LogP contribution in [0.1, 0.15) is 41.5 Å². The number of benzene rings is 1. The molecule has 230 valence electrons. The summed E-state index contributed by atoms with van der Waals surface area (Å²) in [6.07, 6.45) is -2.44. The number of hydrogen-bond donors (Lipinski definition) is 0. The molecule has 4 atom stereocenters. The third-order valence-electron chi connectivity index (χ3n) is 6.02. The first-order valence-electron chi connectivity index (χ1n) is 13.1. The number of hydrogen-bond acceptors (Lipinski definition) is 13. The molecule has 1 aromatic heterocycles. The summed E-state index contributed by atoms with van der Waals surface area (Å²) in [5, 5.41) is 0. The van der Waals surface area contributed by atoms with Gasteiger partial charge in [0.15, 0.2) is 24.4 Å². The van der Waals surface area contributed by atoms with Gasteiger partial charge in [0, 0.05) is 39.3 Å². The molecule has 1 saturated heterocycles. The average Bonchev–Trinajstić information content (AvgIpc) is 3.37. The highest BCUT2D eigenvalue weighted by Gasteiger charge is 2.38. The van der Waals surface area contributed by atoms with Gasteiger partial charge in [0.25, 0.3) is 5.91 Å². The van der Waals surface area contributed by atoms with Crippen LogP contribution < -0.4 is 0 Å². The van der Waals surface area contributed by atoms with Crippen molar-refractivity contribution in [3.8, 4) is 0 Å². The van der Waals surface area contributed by atoms with Crippen LogP contribution in [0.5, 0.6) is 0 Å². The molecule has 1 fully saturated rings. The third kappa shape index (κ3) is 8.09. The van der Waals surface area contributed by atoms with Crippen molar-refractivity contribution in [2.45, 2.75) is 66.0 Å². The molecule has 3 rings (SSSR count). The molecule has 1 aliphatic heterocycles. The van der Waals surface area contributed by atoms with Crippen LogP contribution in [0.3, 0.4) is 0 Å². The summed E-state index contributed by atoms with van der Waals surface area (Å²) in [6, 6.07) is 3.35. The number of nitrogens with zero attached hydrogens (tertiary/aromatic N) is 5. The number of aromatic nitrogens is 2. The van der Waals surface area contributed by atoms with E-state index >= 15 is 0 Å². The maximum Gasteiger partial charge on any atom is 0.347 e. The molecule has 0 N–H and O–H groups in total. The van der Waals surface area contributed by atoms with Gasteiger partial charge in [-0.3, -0.25) is 34.2 Å². The number of guanidine groups is 1. The van der Waals surface area contributed by atoms with E-state index in [1.54, 1.807) is 18.3 Å². The quantitative estimate of drug-likeness (QED) is 0.280. The lowest BCUT2D eigenvalue weighted by Crippen LogP contribution is -2.45. The maximum atomic E-state index is 13.4. The van der Waals surface area contributed by atoms with Gasteiger partial charge in [0.05, 0.1) is 15.7 Å². The van der Waals surface area contributed by atoms with Crippen LogP contribution in [0.15, 0.2) is 34.0 Å². The zero-order chi connectivity index (χ0) is 32.0. The van der Waals surface area contributed by atoms with Gasteiger partial charge in [-0.05, 0) is 55.8 Å². The van der Waals surface area contributed by atoms with Crippen molar-refractivity contribution < 1.29 is 47.7 Å². The maximum absolute atomic E-state index is 13.4. The Morgan fingerprint density at radius 2 is 1.28 bits per heavy atom. The van der Waals surface area contributed by atoms with E-state index in [0.29, 0.717) is 21.2 Å². The molecule has 4 unspecified atom stereocenters. The molecule has 15 nitrogen and oxygen atoms in total. The van der Waals surface area contributed by atoms with Gasteiger partial charge >= 0.3 is 23.9 Å². The molecule has 0 spiro atoms. The van der Waals surface area contributed by atoms with E-state index < -0.39 is 54.2 Å². The Bertz CT molecular complexity index is 1480. The van der Waals surface area contributed by atoms with Crippen LogP contribution in [-0.4, -0.2) is 98.9 Å². The molecule has 0 saturated carbocycles. The number of fused-ring (bicyclic) bond motifs is 1. The second-order valence-electron chi connectivity index (χ2n) is 9.38. The number of ether oxygens (including phenoxy) is 4. The van der Waals surface area contributed by atoms with E-state index in [-0.39, 0.29) is 25.0 Å². The summed E-state index contributed by atoms with van der Waals surface area (Å²) in [5.41, 5.74) is 1.53. The zero-order valence-electron chi connectivity index (χ0n) is 24.2. The van der Waals surface area contributed by atoms with Gasteiger partial charge in [0.1, 0.15) is 5.52 Å². The second kappa shape index (κ2) is 14.1. The van der Waals surface area contributed by atoms with Crippen LogP contribution in [0.2, 0.25) is 0 Å². The summed E-state index contributed by atoms with van der Waals surface area (Å²) >= 11 is 3.47. The van der Waals surface area contributed by atoms with Crippen molar-refractivity contribution in [1.29, 1.82) is 0 Å². The molecule has 0 bridgehead atoms. The first kappa shape index (κ1) is 33.0. The van der Waals surface area contributed by atoms with E-state index in [0.717, 1.165) is 6.92 Å². The lowest BCUT2D eigenvalue weighted by atomic mass is 10.2. The summed E-state index contributed by atoms with van der Waals surface area (Å²) in [6.45, 7) is 7.70. The third-order valence-corrected chi connectivity index (χ3v) is 6.80. The molecule has 2 heterocycles. The van der Waals surface area contributed by atoms with Gasteiger partial charge in [-0.25, -0.2) is 19.4 Å². The Morgan fingerprint density at radius 3 is 1.84 bits per heavy atom. The van der Waals surface area contributed by atoms with E-state index in [1.165, 1.54) is 50.6 Å². The number of halogens is 1.